The number of hydrogen-bond donors (Lipinski definition) is 0. The maximum absolute atomic E-state index is 6.91. The highest BCUT2D eigenvalue weighted by Gasteiger charge is 2.46. The Morgan fingerprint density at radius 1 is 0.243 bits per heavy atom. The summed E-state index contributed by atoms with van der Waals surface area (Å²) in [5.74, 6) is 2.68. The number of allylic oxidation sites excluding steroid dienone is 5. The molecule has 0 bridgehead atoms. The van der Waals surface area contributed by atoms with Crippen LogP contribution in [0.3, 0.4) is 0 Å². The number of fused-ring (bicyclic) bond motifs is 12. The molecule has 28 rings (SSSR count). The Kier molecular flexibility index (Phi) is 20.1. The predicted molar refractivity (Wildman–Crippen MR) is 604 cm³/mol. The van der Waals surface area contributed by atoms with Crippen molar-refractivity contribution in [3.05, 3.63) is 498 Å². The summed E-state index contributed by atoms with van der Waals surface area (Å²) >= 11 is 0. The summed E-state index contributed by atoms with van der Waals surface area (Å²) in [6.45, 7) is 18.8. The van der Waals surface area contributed by atoms with Gasteiger partial charge in [0.05, 0.1) is 40.2 Å². The Bertz CT molecular complexity index is 9220. The minimum Gasteiger partial charge on any atom is -0.436 e. The van der Waals surface area contributed by atoms with Crippen molar-refractivity contribution in [2.45, 2.75) is 102 Å². The zero-order valence-corrected chi connectivity index (χ0v) is 83.3. The molecule has 18 aromatic carbocycles. The SMILES string of the molecule is CC1(C)C2=CC(c3nc4ccccc4o3)=CCC2N(c2ccc(-c3ccc(-c4ccc(N5c6cc(-c7ccc8nc(-c9cccc(-c%10ccc%11c(c%10)C(C)(C)c%10ccccc%10N%11c%10ccc(-c%11ccc(C%12C=CC(N%13c%14ccccc%14C(C)(C)c%14cc(-c%15cccc(-c%16nc%17ccccc%17o%16)c%15)ccc%14%13)=CC%12)cc%11)cc%10)c9)oc8c7)ccc6C(C)(C)c6cc(-c7nc8ccccc8o7)ccc65)cc4)cc3)cc2)c2ccccc21. The second kappa shape index (κ2) is 33.8. The lowest BCUT2D eigenvalue weighted by molar-refractivity contribution is 0.520. The maximum atomic E-state index is 6.91. The monoisotopic (exact) mass is 1910 g/mol. The predicted octanol–water partition coefficient (Wildman–Crippen LogP) is 36.1. The first-order chi connectivity index (χ1) is 72.3. The van der Waals surface area contributed by atoms with Crippen molar-refractivity contribution in [2.24, 2.45) is 0 Å². The fourth-order valence-electron chi connectivity index (χ4n) is 24.3. The van der Waals surface area contributed by atoms with Gasteiger partial charge in [-0.1, -0.05) is 304 Å². The summed E-state index contributed by atoms with van der Waals surface area (Å²) in [5.41, 5.74) is 46.5. The Balaban J connectivity index is 0.429. The van der Waals surface area contributed by atoms with E-state index in [9.17, 15) is 0 Å². The van der Waals surface area contributed by atoms with Crippen molar-refractivity contribution >= 4 is 107 Å². The molecule has 12 heteroatoms. The van der Waals surface area contributed by atoms with Crippen LogP contribution in [0.15, 0.2) is 466 Å². The average Bonchev–Trinajstić information content (AvgIpc) is 0.874. The van der Waals surface area contributed by atoms with E-state index in [2.05, 4.69) is 439 Å². The minimum absolute atomic E-state index is 0.119. The topological polar surface area (TPSA) is 117 Å². The molecule has 148 heavy (non-hydrogen) atoms. The fourth-order valence-corrected chi connectivity index (χ4v) is 24.3. The van der Waals surface area contributed by atoms with Gasteiger partial charge in [-0.05, 0) is 318 Å². The molecule has 6 aliphatic rings. The highest BCUT2D eigenvalue weighted by atomic mass is 16.4. The Labute approximate surface area is 859 Å². The maximum Gasteiger partial charge on any atom is 0.227 e. The third kappa shape index (κ3) is 14.4. The van der Waals surface area contributed by atoms with Gasteiger partial charge >= 0.3 is 0 Å². The second-order valence-electron chi connectivity index (χ2n) is 42.4. The van der Waals surface area contributed by atoms with Crippen LogP contribution < -0.4 is 19.6 Å². The van der Waals surface area contributed by atoms with Crippen LogP contribution in [-0.4, -0.2) is 26.0 Å². The lowest BCUT2D eigenvalue weighted by Crippen LogP contribution is -2.45. The molecule has 0 N–H and O–H groups in total. The smallest absolute Gasteiger partial charge is 0.227 e. The molecule has 0 amide bonds. The summed E-state index contributed by atoms with van der Waals surface area (Å²) in [5, 5.41) is 0. The highest BCUT2D eigenvalue weighted by molar-refractivity contribution is 5.96. The number of benzene rings is 18. The summed E-state index contributed by atoms with van der Waals surface area (Å²) in [6, 6.07) is 147. The number of aromatic nitrogens is 4. The highest BCUT2D eigenvalue weighted by Crippen LogP contribution is 2.60. The molecule has 0 fully saturated rings. The number of anilines is 10. The molecule has 0 saturated heterocycles. The van der Waals surface area contributed by atoms with Crippen molar-refractivity contribution in [3.63, 3.8) is 0 Å². The molecule has 2 aliphatic carbocycles. The van der Waals surface area contributed by atoms with Crippen molar-refractivity contribution in [3.8, 4) is 101 Å². The van der Waals surface area contributed by atoms with Gasteiger partial charge in [0.25, 0.3) is 0 Å². The normalized spacial score (nSPS) is 16.3. The van der Waals surface area contributed by atoms with Crippen LogP contribution in [0.2, 0.25) is 0 Å². The van der Waals surface area contributed by atoms with E-state index in [0.29, 0.717) is 29.1 Å². The molecule has 710 valence electrons. The van der Waals surface area contributed by atoms with E-state index < -0.39 is 5.41 Å². The van der Waals surface area contributed by atoms with E-state index in [0.717, 1.165) is 164 Å². The Hall–Kier alpha value is -18.0. The molecular weight excluding hydrogens is 1810 g/mol. The zero-order chi connectivity index (χ0) is 99.2. The van der Waals surface area contributed by atoms with Crippen molar-refractivity contribution < 1.29 is 17.7 Å². The third-order valence-corrected chi connectivity index (χ3v) is 32.3. The quantitative estimate of drug-likeness (QED) is 0.0973. The van der Waals surface area contributed by atoms with E-state index in [1.807, 2.05) is 72.8 Å². The molecule has 4 aliphatic heterocycles. The molecule has 12 nitrogen and oxygen atoms in total. The minimum atomic E-state index is -0.433. The van der Waals surface area contributed by atoms with Crippen LogP contribution in [0.25, 0.3) is 151 Å². The van der Waals surface area contributed by atoms with Gasteiger partial charge < -0.3 is 37.3 Å². The van der Waals surface area contributed by atoms with Gasteiger partial charge in [-0.2, -0.15) is 0 Å². The largest absolute Gasteiger partial charge is 0.436 e. The van der Waals surface area contributed by atoms with Gasteiger partial charge in [-0.25, -0.2) is 19.9 Å². The Morgan fingerprint density at radius 3 is 1.11 bits per heavy atom. The summed E-state index contributed by atoms with van der Waals surface area (Å²) < 4.78 is 25.9. The first kappa shape index (κ1) is 87.8. The molecule has 2 atom stereocenters. The number of hydrogen-bond acceptors (Lipinski definition) is 12. The summed E-state index contributed by atoms with van der Waals surface area (Å²) in [4.78, 5) is 29.8. The van der Waals surface area contributed by atoms with Gasteiger partial charge in [-0.15, -0.1) is 0 Å². The van der Waals surface area contributed by atoms with E-state index in [1.54, 1.807) is 0 Å². The van der Waals surface area contributed by atoms with Gasteiger partial charge in [0, 0.05) is 78.3 Å². The lowest BCUT2D eigenvalue weighted by Gasteiger charge is -2.49. The Morgan fingerprint density at radius 2 is 0.595 bits per heavy atom. The molecule has 4 aromatic heterocycles. The summed E-state index contributed by atoms with van der Waals surface area (Å²) in [6.07, 6.45) is 13.5. The molecule has 0 saturated carbocycles. The van der Waals surface area contributed by atoms with Gasteiger partial charge in [0.1, 0.15) is 22.1 Å². The standard InChI is InChI=1S/C136H102N8O4/c1-133(2)105-27-9-15-33-117(105)141(120-71-57-93(77-109(120)133)91-23-21-25-97(75-91)129-137-113-30-12-18-36-125(113)145-129)101-61-47-87(48-62-101)83-39-41-84(42-40-83)88-49-63-102(64-50-88)142-118-34-16-10-28-106(118)134(3,4)110-78-94(58-72-121(110)142)92-24-22-26-98(76-92)130-140-116-70-56-96(82-128(116)148-130)95-55-69-108-124(81-95)144(123-74-60-100(80-112(123)136(108,7)8)132-139-115-32-14-20-38-127(115)147-132)104-67-53-90(54-68-104)86-45-43-85(44-46-86)89-51-65-103(66-52-89)143-119-35-17-11-29-107(119)135(5,6)111-79-99(59-73-122(111)143)131-138-114-31-13-19-37-126(114)146-131/h9-47,49-72,74-82,87,122H,48,73H2,1-8H3. The van der Waals surface area contributed by atoms with Crippen molar-refractivity contribution in [1.29, 1.82) is 0 Å². The average molecular weight is 1910 g/mol. The first-order valence-corrected chi connectivity index (χ1v) is 51.4. The van der Waals surface area contributed by atoms with E-state index in [-0.39, 0.29) is 28.2 Å². The van der Waals surface area contributed by atoms with Gasteiger partial charge in [0.15, 0.2) is 22.3 Å². The summed E-state index contributed by atoms with van der Waals surface area (Å²) in [7, 11) is 0. The molecule has 0 spiro atoms. The van der Waals surface area contributed by atoms with Gasteiger partial charge in [-0.3, -0.25) is 0 Å². The van der Waals surface area contributed by atoms with E-state index in [4.69, 9.17) is 37.6 Å². The molecule has 8 heterocycles. The first-order valence-electron chi connectivity index (χ1n) is 51.4. The number of rotatable bonds is 15. The molecule has 22 aromatic rings. The number of nitrogens with zero attached hydrogens (tertiary/aromatic N) is 8. The van der Waals surface area contributed by atoms with E-state index >= 15 is 0 Å². The zero-order valence-electron chi connectivity index (χ0n) is 83.3. The molecule has 0 radical (unpaired) electrons. The van der Waals surface area contributed by atoms with Crippen LogP contribution in [0.5, 0.6) is 0 Å². The van der Waals surface area contributed by atoms with Crippen LogP contribution in [0.1, 0.15) is 125 Å². The van der Waals surface area contributed by atoms with Crippen LogP contribution in [0, 0.1) is 0 Å². The number of para-hydroxylation sites is 9. The van der Waals surface area contributed by atoms with E-state index in [1.165, 1.54) is 89.7 Å². The van der Waals surface area contributed by atoms with Crippen LogP contribution >= 0.6 is 0 Å². The fraction of sp³-hybridized carbons (Fsp3) is 0.118. The van der Waals surface area contributed by atoms with Crippen LogP contribution in [-0.2, 0) is 21.7 Å². The van der Waals surface area contributed by atoms with Gasteiger partial charge in [0.2, 0.25) is 23.6 Å². The molecular formula is C136H102N8O4. The van der Waals surface area contributed by atoms with Crippen molar-refractivity contribution in [2.75, 3.05) is 19.6 Å². The second-order valence-corrected chi connectivity index (χ2v) is 42.4. The third-order valence-electron chi connectivity index (χ3n) is 32.3. The van der Waals surface area contributed by atoms with Crippen LogP contribution in [0.4, 0.5) is 56.9 Å². The molecule has 2 unspecified atom stereocenters. The van der Waals surface area contributed by atoms with Crippen molar-refractivity contribution in [1.82, 2.24) is 19.9 Å². The number of oxazole rings is 4. The lowest BCUT2D eigenvalue weighted by atomic mass is 9.68.